The number of carbonyl (C=O) groups is 1. The van der Waals surface area contributed by atoms with Crippen LogP contribution in [0.25, 0.3) is 11.0 Å². The number of likely N-dealkylation sites (tertiary alicyclic amines) is 1. The van der Waals surface area contributed by atoms with Gasteiger partial charge in [-0.2, -0.15) is 0 Å². The van der Waals surface area contributed by atoms with Gasteiger partial charge < -0.3 is 24.4 Å². The Bertz CT molecular complexity index is 1270. The number of pyridine rings is 1. The van der Waals surface area contributed by atoms with E-state index in [2.05, 4.69) is 25.0 Å². The Morgan fingerprint density at radius 3 is 2.64 bits per heavy atom. The van der Waals surface area contributed by atoms with Crippen LogP contribution >= 0.6 is 11.6 Å². The Kier molecular flexibility index (Phi) is 6.98. The second-order valence-electron chi connectivity index (χ2n) is 9.01. The molecule has 4 rings (SSSR count). The molecule has 1 atom stereocenters. The van der Waals surface area contributed by atoms with Crippen LogP contribution in [0.5, 0.6) is 11.6 Å². The van der Waals surface area contributed by atoms with Crippen LogP contribution in [0, 0.1) is 0 Å². The lowest BCUT2D eigenvalue weighted by Gasteiger charge is -2.24. The molecule has 1 aliphatic heterocycles. The van der Waals surface area contributed by atoms with Gasteiger partial charge in [-0.25, -0.2) is 19.7 Å². The van der Waals surface area contributed by atoms with E-state index in [0.717, 1.165) is 6.07 Å². The Morgan fingerprint density at radius 1 is 1.17 bits per heavy atom. The van der Waals surface area contributed by atoms with E-state index in [1.165, 1.54) is 18.5 Å². The number of nitrogens with one attached hydrogen (secondary N) is 1. The molecule has 0 spiro atoms. The molecule has 3 aromatic rings. The van der Waals surface area contributed by atoms with Crippen molar-refractivity contribution < 1.29 is 32.2 Å². The van der Waals surface area contributed by atoms with Crippen LogP contribution in [0.2, 0.25) is 5.02 Å². The largest absolute Gasteiger partial charge is 0.573 e. The number of ether oxygens (including phenoxy) is 3. The maximum atomic E-state index is 12.5. The average Bonchev–Trinajstić information content (AvgIpc) is 3.23. The quantitative estimate of drug-likeness (QED) is 0.452. The van der Waals surface area contributed by atoms with E-state index in [-0.39, 0.29) is 11.1 Å². The summed E-state index contributed by atoms with van der Waals surface area (Å²) < 4.78 is 52.8. The number of carbonyl (C=O) groups excluding carboxylic acids is 1. The first-order valence-corrected chi connectivity index (χ1v) is 11.3. The van der Waals surface area contributed by atoms with Crippen molar-refractivity contribution in [3.63, 3.8) is 0 Å². The first kappa shape index (κ1) is 25.5. The summed E-state index contributed by atoms with van der Waals surface area (Å²) in [4.78, 5) is 26.8. The molecule has 1 N–H and O–H groups in total. The molecule has 0 saturated carbocycles. The third-order valence-corrected chi connectivity index (χ3v) is 5.26. The molecule has 192 valence electrons. The number of hydrogen-bond acceptors (Lipinski definition) is 8. The van der Waals surface area contributed by atoms with Gasteiger partial charge in [0.1, 0.15) is 29.3 Å². The zero-order valence-corrected chi connectivity index (χ0v) is 20.4. The van der Waals surface area contributed by atoms with Crippen LogP contribution in [0.3, 0.4) is 0 Å². The van der Waals surface area contributed by atoms with Gasteiger partial charge in [0, 0.05) is 24.7 Å². The molecule has 1 fully saturated rings. The summed E-state index contributed by atoms with van der Waals surface area (Å²) in [7, 11) is 0. The summed E-state index contributed by atoms with van der Waals surface area (Å²) in [6, 6.07) is 7.11. The third kappa shape index (κ3) is 6.56. The molecule has 1 aliphatic rings. The first-order chi connectivity index (χ1) is 16.9. The van der Waals surface area contributed by atoms with Crippen molar-refractivity contribution in [1.29, 1.82) is 0 Å². The first-order valence-electron chi connectivity index (χ1n) is 10.9. The molecule has 2 aromatic heterocycles. The predicted molar refractivity (Wildman–Crippen MR) is 126 cm³/mol. The van der Waals surface area contributed by atoms with Crippen LogP contribution in [0.1, 0.15) is 27.2 Å². The van der Waals surface area contributed by atoms with Gasteiger partial charge in [0.2, 0.25) is 5.88 Å². The lowest BCUT2D eigenvalue weighted by atomic mass is 10.2. The molecule has 0 aliphatic carbocycles. The minimum Gasteiger partial charge on any atom is -0.472 e. The molecule has 3 heterocycles. The number of nitrogens with zero attached hydrogens (tertiary/aromatic N) is 4. The van der Waals surface area contributed by atoms with Crippen molar-refractivity contribution in [3.8, 4) is 11.6 Å². The molecule has 36 heavy (non-hydrogen) atoms. The number of benzene rings is 1. The molecule has 13 heteroatoms. The second-order valence-corrected chi connectivity index (χ2v) is 9.42. The average molecular weight is 526 g/mol. The van der Waals surface area contributed by atoms with Crippen LogP contribution in [0.4, 0.5) is 29.5 Å². The highest BCUT2D eigenvalue weighted by atomic mass is 35.5. The Morgan fingerprint density at radius 2 is 1.94 bits per heavy atom. The van der Waals surface area contributed by atoms with E-state index >= 15 is 0 Å². The van der Waals surface area contributed by atoms with Gasteiger partial charge in [-0.15, -0.1) is 13.2 Å². The highest BCUT2D eigenvalue weighted by molar-refractivity contribution is 6.32. The zero-order chi connectivity index (χ0) is 26.1. The topological polar surface area (TPSA) is 98.7 Å². The van der Waals surface area contributed by atoms with E-state index in [9.17, 15) is 18.0 Å². The number of rotatable bonds is 5. The number of hydrogen-bond donors (Lipinski definition) is 1. The van der Waals surface area contributed by atoms with Crippen molar-refractivity contribution in [2.24, 2.45) is 0 Å². The number of fused-ring (bicyclic) bond motifs is 1. The fraction of sp³-hybridized carbons (Fsp3) is 0.391. The van der Waals surface area contributed by atoms with Crippen LogP contribution in [-0.4, -0.2) is 57.1 Å². The van der Waals surface area contributed by atoms with Crippen LogP contribution in [-0.2, 0) is 4.74 Å². The van der Waals surface area contributed by atoms with Gasteiger partial charge in [0.05, 0.1) is 17.1 Å². The number of aromatic nitrogens is 3. The highest BCUT2D eigenvalue weighted by Crippen LogP contribution is 2.33. The normalized spacial score (nSPS) is 16.2. The van der Waals surface area contributed by atoms with Crippen molar-refractivity contribution in [1.82, 2.24) is 19.9 Å². The van der Waals surface area contributed by atoms with Crippen molar-refractivity contribution in [2.75, 3.05) is 18.4 Å². The summed E-state index contributed by atoms with van der Waals surface area (Å²) in [5.74, 6) is 0.0872. The molecular weight excluding hydrogens is 503 g/mol. The zero-order valence-electron chi connectivity index (χ0n) is 19.6. The second kappa shape index (κ2) is 9.84. The van der Waals surface area contributed by atoms with Gasteiger partial charge in [0.25, 0.3) is 0 Å². The fourth-order valence-corrected chi connectivity index (χ4v) is 3.71. The van der Waals surface area contributed by atoms with Crippen LogP contribution in [0.15, 0.2) is 36.7 Å². The summed E-state index contributed by atoms with van der Waals surface area (Å²) in [5, 5.41) is 2.75. The van der Waals surface area contributed by atoms with E-state index in [1.807, 2.05) is 0 Å². The van der Waals surface area contributed by atoms with Crippen molar-refractivity contribution in [3.05, 3.63) is 41.7 Å². The molecule has 0 unspecified atom stereocenters. The lowest BCUT2D eigenvalue weighted by Crippen LogP contribution is -2.36. The molecular formula is C23H23ClF3N5O4. The fourth-order valence-electron chi connectivity index (χ4n) is 3.49. The molecule has 9 nitrogen and oxygen atoms in total. The van der Waals surface area contributed by atoms with Crippen molar-refractivity contribution >= 4 is 40.2 Å². The highest BCUT2D eigenvalue weighted by Gasteiger charge is 2.32. The Hall–Kier alpha value is -3.54. The molecule has 0 radical (unpaired) electrons. The summed E-state index contributed by atoms with van der Waals surface area (Å²) >= 11 is 5.94. The van der Waals surface area contributed by atoms with Gasteiger partial charge >= 0.3 is 12.5 Å². The maximum absolute atomic E-state index is 12.5. The SMILES string of the molecule is CC(C)(C)OC(=O)N1CC[C@H](Oc2ccc3ncnc(Nc4ccc(OC(F)(F)F)c(Cl)c4)c3n2)C1. The maximum Gasteiger partial charge on any atom is 0.573 e. The lowest BCUT2D eigenvalue weighted by molar-refractivity contribution is -0.274. The van der Waals surface area contributed by atoms with Gasteiger partial charge in [-0.3, -0.25) is 0 Å². The molecule has 1 aromatic carbocycles. The minimum atomic E-state index is -4.86. The number of amides is 1. The monoisotopic (exact) mass is 525 g/mol. The molecule has 0 bridgehead atoms. The van der Waals surface area contributed by atoms with Gasteiger partial charge in [-0.1, -0.05) is 11.6 Å². The number of alkyl halides is 3. The smallest absolute Gasteiger partial charge is 0.472 e. The number of halogens is 4. The predicted octanol–water partition coefficient (Wildman–Crippen LogP) is 5.71. The third-order valence-electron chi connectivity index (χ3n) is 4.96. The van der Waals surface area contributed by atoms with Gasteiger partial charge in [0.15, 0.2) is 5.82 Å². The summed E-state index contributed by atoms with van der Waals surface area (Å²) in [6.45, 7) is 6.27. The standard InChI is InChI=1S/C23H23ClF3N5O4/c1-22(2,3)36-21(33)32-9-8-14(11-32)34-18-7-5-16-19(31-18)20(29-12-28-16)30-13-4-6-17(15(24)10-13)35-23(25,26)27/h4-7,10,12,14H,8-9,11H2,1-3H3,(H,28,29,30)/t14-/m0/s1. The molecule has 1 amide bonds. The Balaban J connectivity index is 1.48. The minimum absolute atomic E-state index is 0.233. The van der Waals surface area contributed by atoms with E-state index < -0.39 is 23.8 Å². The number of anilines is 2. The Labute approximate surface area is 209 Å². The van der Waals surface area contributed by atoms with E-state index in [1.54, 1.807) is 37.8 Å². The summed E-state index contributed by atoms with van der Waals surface area (Å²) in [6.07, 6.45) is -3.59. The van der Waals surface area contributed by atoms with Crippen LogP contribution < -0.4 is 14.8 Å². The molecule has 1 saturated heterocycles. The summed E-state index contributed by atoms with van der Waals surface area (Å²) in [5.41, 5.74) is 0.676. The van der Waals surface area contributed by atoms with Crippen molar-refractivity contribution in [2.45, 2.75) is 45.3 Å². The van der Waals surface area contributed by atoms with E-state index in [4.69, 9.17) is 21.1 Å². The van der Waals surface area contributed by atoms with Gasteiger partial charge in [-0.05, 0) is 45.0 Å². The van der Waals surface area contributed by atoms with E-state index in [0.29, 0.717) is 47.9 Å².